The average Bonchev–Trinajstić information content (AvgIpc) is 1.68. The van der Waals surface area contributed by atoms with Gasteiger partial charge in [-0.05, 0) is 88.1 Å². The number of oxazole rings is 1. The highest BCUT2D eigenvalue weighted by molar-refractivity contribution is 5.91. The number of ether oxygens (including phenoxy) is 4. The van der Waals surface area contributed by atoms with Gasteiger partial charge in [0.2, 0.25) is 41.2 Å². The molecule has 1 fully saturated rings. The van der Waals surface area contributed by atoms with Crippen LogP contribution in [0.25, 0.3) is 44.1 Å². The number of carbonyl (C=O) groups excluding carboxylic acids is 2. The van der Waals surface area contributed by atoms with Crippen molar-refractivity contribution in [3.8, 4) is 41.2 Å². The molecule has 30 nitrogen and oxygen atoms in total. The van der Waals surface area contributed by atoms with Crippen molar-refractivity contribution in [3.05, 3.63) is 180 Å². The summed E-state index contributed by atoms with van der Waals surface area (Å²) in [5, 5.41) is 63.5. The Bertz CT molecular complexity index is 5220. The number of rotatable bonds is 20. The van der Waals surface area contributed by atoms with Crippen LogP contribution in [0.3, 0.4) is 0 Å². The average molecular weight is 1350 g/mol. The summed E-state index contributed by atoms with van der Waals surface area (Å²) in [5.74, 6) is -0.814. The summed E-state index contributed by atoms with van der Waals surface area (Å²) >= 11 is 0. The Morgan fingerprint density at radius 2 is 1.45 bits per heavy atom. The fraction of sp³-hybridized carbons (Fsp3) is 0.211. The summed E-state index contributed by atoms with van der Waals surface area (Å²) in [4.78, 5) is 66.8. The second-order valence-corrected chi connectivity index (χ2v) is 22.9. The predicted molar refractivity (Wildman–Crippen MR) is 375 cm³/mol. The summed E-state index contributed by atoms with van der Waals surface area (Å²) in [7, 11) is 4.32. The van der Waals surface area contributed by atoms with Gasteiger partial charge < -0.3 is 38.3 Å². The van der Waals surface area contributed by atoms with Crippen molar-refractivity contribution in [2.75, 3.05) is 61.0 Å². The van der Waals surface area contributed by atoms with Crippen LogP contribution in [0.5, 0.6) is 17.6 Å². The third-order valence-electron chi connectivity index (χ3n) is 16.0. The highest BCUT2D eigenvalue weighted by atomic mass is 16.5. The first-order valence-corrected chi connectivity index (χ1v) is 31.6. The smallest absolute Gasteiger partial charge is 0.412 e. The van der Waals surface area contributed by atoms with E-state index in [1.807, 2.05) is 118 Å². The first-order valence-electron chi connectivity index (χ1n) is 31.6. The molecule has 0 spiro atoms. The second kappa shape index (κ2) is 29.9. The number of pyridine rings is 3. The normalized spacial score (nSPS) is 12.3. The molecule has 12 aromatic rings. The van der Waals surface area contributed by atoms with Crippen molar-refractivity contribution in [3.63, 3.8) is 0 Å². The van der Waals surface area contributed by atoms with Gasteiger partial charge in [-0.15, -0.1) is 37.2 Å². The standard InChI is InChI=1S/C38H31N11O4.C33H33N11O4/c1-6-11-28-25(20-39)33(47-49(28)29-16-17-40-26-13-8-7-12-24(26)29)46-45-31-34(43-38(51)52-5)42-36(44-35(31)50)48(32-22(3)18-21(2)19-23(32)4)37-41-27-14-9-10-15-30(27)53-37;1-21(20-46-3)43(24-11-13-35-14-12-24)33-37-30(42-15-7-8-16-42)28(31(38-33)47-4)39-40-29-26(17-34)32(48-22(2)45)44(41-29)27-19-36-18-23-9-5-6-10-25(23)27/h6-10,12-19H,1,11H2,2-5H3,(H2,42,43,44,50,51);5-6,9-14,18-19,21H,7-8,15-16,20H2,1-4H3. The number of methoxy groups -OCH3 is 3. The van der Waals surface area contributed by atoms with Crippen LogP contribution in [-0.2, 0) is 20.7 Å². The molecule has 0 saturated carbocycles. The summed E-state index contributed by atoms with van der Waals surface area (Å²) in [5.41, 5.74) is 7.65. The van der Waals surface area contributed by atoms with Gasteiger partial charge in [-0.2, -0.15) is 40.1 Å². The number of esters is 1. The monoisotopic (exact) mass is 1350 g/mol. The van der Waals surface area contributed by atoms with Crippen molar-refractivity contribution in [2.24, 2.45) is 20.5 Å². The molecule has 2 N–H and O–H groups in total. The molecule has 9 heterocycles. The number of allylic oxidation sites excluding steroid dienone is 1. The Balaban J connectivity index is 0.000000192. The van der Waals surface area contributed by atoms with E-state index in [9.17, 15) is 25.2 Å². The molecule has 13 rings (SSSR count). The van der Waals surface area contributed by atoms with Crippen LogP contribution in [0.2, 0.25) is 0 Å². The number of hydrogen-bond acceptors (Lipinski definition) is 27. The minimum Gasteiger partial charge on any atom is -0.492 e. The van der Waals surface area contributed by atoms with E-state index in [0.717, 1.165) is 70.0 Å². The summed E-state index contributed by atoms with van der Waals surface area (Å²) < 4.78 is 30.7. The van der Waals surface area contributed by atoms with Gasteiger partial charge in [-0.25, -0.2) is 14.4 Å². The molecule has 1 atom stereocenters. The van der Waals surface area contributed by atoms with E-state index in [1.54, 1.807) is 72.0 Å². The number of amides is 1. The lowest BCUT2D eigenvalue weighted by atomic mass is 10.0. The van der Waals surface area contributed by atoms with Gasteiger partial charge in [0.15, 0.2) is 34.2 Å². The molecule has 1 aliphatic rings. The Labute approximate surface area is 577 Å². The predicted octanol–water partition coefficient (Wildman–Crippen LogP) is 14.2. The van der Waals surface area contributed by atoms with Gasteiger partial charge in [-0.1, -0.05) is 78.4 Å². The maximum atomic E-state index is 12.6. The molecular weight excluding hydrogens is 1290 g/mol. The maximum absolute atomic E-state index is 12.6. The van der Waals surface area contributed by atoms with Gasteiger partial charge in [0.25, 0.3) is 0 Å². The van der Waals surface area contributed by atoms with Crippen molar-refractivity contribution in [2.45, 2.75) is 59.9 Å². The lowest BCUT2D eigenvalue weighted by molar-refractivity contribution is -0.132. The number of aryl methyl sites for hydroxylation is 3. The van der Waals surface area contributed by atoms with E-state index in [2.05, 4.69) is 89.5 Å². The summed E-state index contributed by atoms with van der Waals surface area (Å²) in [6, 6.07) is 36.0. The number of nitriles is 2. The number of benzene rings is 4. The topological polar surface area (TPSA) is 362 Å². The molecule has 0 radical (unpaired) electrons. The third kappa shape index (κ3) is 13.9. The van der Waals surface area contributed by atoms with Gasteiger partial charge in [0.05, 0.1) is 61.3 Å². The van der Waals surface area contributed by atoms with Crippen LogP contribution < -0.4 is 29.5 Å². The van der Waals surface area contributed by atoms with Crippen LogP contribution in [0.15, 0.2) is 172 Å². The number of anilines is 7. The number of carbonyl (C=O) groups is 2. The number of hydrogen-bond donors (Lipinski definition) is 2. The summed E-state index contributed by atoms with van der Waals surface area (Å²) in [6.07, 6.45) is 11.3. The largest absolute Gasteiger partial charge is 0.492 e. The van der Waals surface area contributed by atoms with E-state index in [1.165, 1.54) is 25.8 Å². The molecule has 0 bridgehead atoms. The molecule has 30 heteroatoms. The molecule has 1 aliphatic heterocycles. The number of aromatic nitrogens is 12. The number of azo groups is 2. The van der Waals surface area contributed by atoms with Crippen LogP contribution in [-0.4, -0.2) is 124 Å². The zero-order chi connectivity index (χ0) is 70.8. The van der Waals surface area contributed by atoms with Gasteiger partial charge in [0.1, 0.15) is 23.2 Å². The van der Waals surface area contributed by atoms with E-state index < -0.39 is 17.9 Å². The van der Waals surface area contributed by atoms with Crippen LogP contribution in [0.1, 0.15) is 60.2 Å². The van der Waals surface area contributed by atoms with Crippen molar-refractivity contribution >= 4 is 109 Å². The summed E-state index contributed by atoms with van der Waals surface area (Å²) in [6.45, 7) is 14.8. The van der Waals surface area contributed by atoms with Gasteiger partial charge in [-0.3, -0.25) is 25.1 Å². The lowest BCUT2D eigenvalue weighted by Gasteiger charge is -2.30. The molecule has 1 unspecified atom stereocenters. The Hall–Kier alpha value is -13.5. The highest BCUT2D eigenvalue weighted by Crippen LogP contribution is 2.45. The van der Waals surface area contributed by atoms with E-state index >= 15 is 0 Å². The molecule has 101 heavy (non-hydrogen) atoms. The SMILES string of the molecule is C=CCc1c(C#N)c(N=Nc2c(O)nc(N(c3nc4ccccc4o3)c3c(C)cc(C)cc3C)nc2NC(=O)OC)nn1-c1ccnc2ccccc12.COCC(C)N(c1ccncc1)c1nc(OC)c(N=Nc2nn(-c3cncc4ccccc34)c(OC(C)=O)c2C#N)c(N2CCCC2)n1. The Kier molecular flexibility index (Phi) is 20.0. The van der Waals surface area contributed by atoms with Crippen molar-refractivity contribution in [1.82, 2.24) is 59.4 Å². The molecule has 0 aliphatic carbocycles. The fourth-order valence-corrected chi connectivity index (χ4v) is 11.7. The fourth-order valence-electron chi connectivity index (χ4n) is 11.7. The Morgan fingerprint density at radius 3 is 2.14 bits per heavy atom. The number of nitrogens with zero attached hydrogens (tertiary/aromatic N) is 21. The number of fused-ring (bicyclic) bond motifs is 3. The van der Waals surface area contributed by atoms with E-state index in [0.29, 0.717) is 52.2 Å². The van der Waals surface area contributed by atoms with Gasteiger partial charge in [0, 0.05) is 80.2 Å². The zero-order valence-corrected chi connectivity index (χ0v) is 56.0. The first-order chi connectivity index (χ1) is 49.1. The second-order valence-electron chi connectivity index (χ2n) is 22.9. The molecule has 506 valence electrons. The minimum atomic E-state index is -0.901. The van der Waals surface area contributed by atoms with Crippen LogP contribution in [0, 0.1) is 43.4 Å². The van der Waals surface area contributed by atoms with Crippen molar-refractivity contribution < 1.29 is 38.1 Å². The first kappa shape index (κ1) is 67.5. The molecule has 1 amide bonds. The third-order valence-corrected chi connectivity index (χ3v) is 16.0. The van der Waals surface area contributed by atoms with Gasteiger partial charge >= 0.3 is 18.1 Å². The van der Waals surface area contributed by atoms with Crippen molar-refractivity contribution in [1.29, 1.82) is 10.5 Å². The Morgan fingerprint density at radius 1 is 0.762 bits per heavy atom. The minimum absolute atomic E-state index is 0.0586. The van der Waals surface area contributed by atoms with E-state index in [-0.39, 0.29) is 76.1 Å². The number of aromatic hydroxyl groups is 1. The number of para-hydroxylation sites is 3. The quantitative estimate of drug-likeness (QED) is 0.0406. The molecule has 8 aromatic heterocycles. The van der Waals surface area contributed by atoms with Crippen LogP contribution >= 0.6 is 0 Å². The highest BCUT2D eigenvalue weighted by Gasteiger charge is 2.32. The zero-order valence-electron chi connectivity index (χ0n) is 56.0. The molecular formula is C71H64N22O8. The maximum Gasteiger partial charge on any atom is 0.412 e. The van der Waals surface area contributed by atoms with Crippen LogP contribution in [0.4, 0.5) is 68.7 Å². The van der Waals surface area contributed by atoms with E-state index in [4.69, 9.17) is 33.3 Å². The molecule has 1 saturated heterocycles. The lowest BCUT2D eigenvalue weighted by Crippen LogP contribution is -2.34. The number of nitrogens with one attached hydrogen (secondary N) is 1. The molecule has 4 aromatic carbocycles.